The Hall–Kier alpha value is -1.20. The number of hydrogen-bond acceptors (Lipinski definition) is 4. The van der Waals surface area contributed by atoms with Crippen LogP contribution in [-0.2, 0) is 0 Å². The summed E-state index contributed by atoms with van der Waals surface area (Å²) < 4.78 is 0. The van der Waals surface area contributed by atoms with Crippen molar-refractivity contribution in [3.8, 4) is 0 Å². The summed E-state index contributed by atoms with van der Waals surface area (Å²) in [5.74, 6) is 6.60. The summed E-state index contributed by atoms with van der Waals surface area (Å²) in [7, 11) is 0. The molecule has 4 N–H and O–H groups in total. The maximum absolute atomic E-state index is 12.1. The largest absolute Gasteiger partial charge is 0.351 e. The van der Waals surface area contributed by atoms with Gasteiger partial charge in [-0.1, -0.05) is 6.42 Å². The van der Waals surface area contributed by atoms with Crippen molar-refractivity contribution in [2.75, 3.05) is 17.7 Å². The minimum absolute atomic E-state index is 0.00200. The van der Waals surface area contributed by atoms with E-state index in [1.165, 1.54) is 25.0 Å². The van der Waals surface area contributed by atoms with Crippen LogP contribution in [0.5, 0.6) is 0 Å². The van der Waals surface area contributed by atoms with Gasteiger partial charge in [0.05, 0.1) is 5.69 Å². The summed E-state index contributed by atoms with van der Waals surface area (Å²) in [5, 5.41) is 3.59. The summed E-state index contributed by atoms with van der Waals surface area (Å²) in [6, 6.07) is 5.49. The topological polar surface area (TPSA) is 67.2 Å². The third kappa shape index (κ3) is 3.88. The van der Waals surface area contributed by atoms with E-state index < -0.39 is 0 Å². The van der Waals surface area contributed by atoms with E-state index in [1.54, 1.807) is 6.07 Å². The smallest absolute Gasteiger partial charge is 0.251 e. The Kier molecular flexibility index (Phi) is 5.10. The van der Waals surface area contributed by atoms with Crippen LogP contribution in [0.1, 0.15) is 35.2 Å². The number of benzene rings is 1. The quantitative estimate of drug-likeness (QED) is 0.584. The predicted octanol–water partition coefficient (Wildman–Crippen LogP) is 2.30. The third-order valence-corrected chi connectivity index (χ3v) is 4.81. The zero-order valence-corrected chi connectivity index (χ0v) is 12.1. The maximum atomic E-state index is 12.1. The molecule has 1 unspecified atom stereocenters. The first-order valence-electron chi connectivity index (χ1n) is 6.68. The van der Waals surface area contributed by atoms with E-state index in [2.05, 4.69) is 10.7 Å². The number of anilines is 1. The van der Waals surface area contributed by atoms with Gasteiger partial charge in [-0.3, -0.25) is 10.6 Å². The Labute approximate surface area is 118 Å². The molecule has 19 heavy (non-hydrogen) atoms. The van der Waals surface area contributed by atoms with Gasteiger partial charge in [-0.25, -0.2) is 0 Å². The average molecular weight is 279 g/mol. The number of thioether (sulfide) groups is 1. The first-order valence-corrected chi connectivity index (χ1v) is 7.72. The summed E-state index contributed by atoms with van der Waals surface area (Å²) in [6.07, 6.45) is 3.80. The van der Waals surface area contributed by atoms with E-state index in [9.17, 15) is 4.79 Å². The molecule has 0 bridgehead atoms. The molecular formula is C14H21N3OS. The fraction of sp³-hybridized carbons (Fsp3) is 0.500. The number of carbonyl (C=O) groups excluding carboxylic acids is 1. The molecular weight excluding hydrogens is 258 g/mol. The first-order chi connectivity index (χ1) is 9.20. The van der Waals surface area contributed by atoms with Crippen molar-refractivity contribution in [1.82, 2.24) is 5.32 Å². The number of rotatable bonds is 4. The number of hydrazine groups is 1. The van der Waals surface area contributed by atoms with Crippen molar-refractivity contribution >= 4 is 23.4 Å². The maximum Gasteiger partial charge on any atom is 0.251 e. The summed E-state index contributed by atoms with van der Waals surface area (Å²) in [6.45, 7) is 2.70. The van der Waals surface area contributed by atoms with E-state index in [-0.39, 0.29) is 5.91 Å². The second kappa shape index (κ2) is 6.82. The van der Waals surface area contributed by atoms with Gasteiger partial charge in [0.15, 0.2) is 0 Å². The van der Waals surface area contributed by atoms with Gasteiger partial charge >= 0.3 is 0 Å². The average Bonchev–Trinajstić information content (AvgIpc) is 2.45. The lowest BCUT2D eigenvalue weighted by Crippen LogP contribution is -2.32. The molecule has 0 spiro atoms. The molecule has 1 atom stereocenters. The van der Waals surface area contributed by atoms with Gasteiger partial charge in [0, 0.05) is 17.4 Å². The molecule has 1 heterocycles. The third-order valence-electron chi connectivity index (χ3n) is 3.41. The molecule has 1 amide bonds. The number of carbonyl (C=O) groups is 1. The molecule has 1 aromatic rings. The molecule has 4 nitrogen and oxygen atoms in total. The molecule has 0 saturated carbocycles. The summed E-state index contributed by atoms with van der Waals surface area (Å²) in [4.78, 5) is 12.1. The first kappa shape index (κ1) is 14.2. The van der Waals surface area contributed by atoms with Gasteiger partial charge in [0.25, 0.3) is 5.91 Å². The second-order valence-electron chi connectivity index (χ2n) is 4.87. The number of nitrogens with two attached hydrogens (primary N) is 1. The number of amides is 1. The summed E-state index contributed by atoms with van der Waals surface area (Å²) >= 11 is 1.97. The molecule has 1 fully saturated rings. The van der Waals surface area contributed by atoms with Crippen molar-refractivity contribution in [2.24, 2.45) is 5.84 Å². The van der Waals surface area contributed by atoms with E-state index in [0.717, 1.165) is 17.8 Å². The minimum Gasteiger partial charge on any atom is -0.351 e. The van der Waals surface area contributed by atoms with Crippen molar-refractivity contribution in [1.29, 1.82) is 0 Å². The molecule has 5 heteroatoms. The van der Waals surface area contributed by atoms with Crippen LogP contribution in [0.3, 0.4) is 0 Å². The van der Waals surface area contributed by atoms with Crippen LogP contribution in [0.2, 0.25) is 0 Å². The van der Waals surface area contributed by atoms with Crippen molar-refractivity contribution in [3.63, 3.8) is 0 Å². The predicted molar refractivity (Wildman–Crippen MR) is 81.4 cm³/mol. The van der Waals surface area contributed by atoms with E-state index in [0.29, 0.717) is 10.8 Å². The zero-order chi connectivity index (χ0) is 13.7. The lowest BCUT2D eigenvalue weighted by Gasteiger charge is -2.21. The van der Waals surface area contributed by atoms with Gasteiger partial charge < -0.3 is 10.7 Å². The second-order valence-corrected chi connectivity index (χ2v) is 6.28. The van der Waals surface area contributed by atoms with Crippen LogP contribution in [0.25, 0.3) is 0 Å². The highest BCUT2D eigenvalue weighted by Crippen LogP contribution is 2.24. The number of aryl methyl sites for hydroxylation is 1. The Bertz CT molecular complexity index is 444. The van der Waals surface area contributed by atoms with Crippen LogP contribution in [-0.4, -0.2) is 23.5 Å². The normalized spacial score (nSPS) is 18.9. The van der Waals surface area contributed by atoms with Gasteiger partial charge in [-0.2, -0.15) is 11.8 Å². The Morgan fingerprint density at radius 2 is 2.32 bits per heavy atom. The van der Waals surface area contributed by atoms with Gasteiger partial charge in [0.1, 0.15) is 0 Å². The Morgan fingerprint density at radius 3 is 2.95 bits per heavy atom. The summed E-state index contributed by atoms with van der Waals surface area (Å²) in [5.41, 5.74) is 5.12. The Balaban J connectivity index is 1.90. The van der Waals surface area contributed by atoms with Crippen LogP contribution >= 0.6 is 11.8 Å². The molecule has 104 valence electrons. The van der Waals surface area contributed by atoms with Crippen molar-refractivity contribution < 1.29 is 4.79 Å². The highest BCUT2D eigenvalue weighted by Gasteiger charge is 2.15. The van der Waals surface area contributed by atoms with Crippen LogP contribution < -0.4 is 16.6 Å². The number of hydrogen-bond donors (Lipinski definition) is 3. The highest BCUT2D eigenvalue weighted by molar-refractivity contribution is 7.99. The van der Waals surface area contributed by atoms with E-state index in [4.69, 9.17) is 5.84 Å². The molecule has 1 saturated heterocycles. The molecule has 0 radical (unpaired) electrons. The number of nitrogens with one attached hydrogen (secondary N) is 2. The molecule has 0 aliphatic carbocycles. The van der Waals surface area contributed by atoms with Gasteiger partial charge in [0.2, 0.25) is 0 Å². The minimum atomic E-state index is -0.00200. The lowest BCUT2D eigenvalue weighted by atomic mass is 10.1. The van der Waals surface area contributed by atoms with Gasteiger partial charge in [-0.05, 0) is 49.3 Å². The lowest BCUT2D eigenvalue weighted by molar-refractivity contribution is 0.0953. The zero-order valence-electron chi connectivity index (χ0n) is 11.2. The fourth-order valence-electron chi connectivity index (χ4n) is 2.24. The standard InChI is InChI=1S/C14H21N3OS/c1-10-8-11(5-6-13(10)17-15)14(18)16-9-12-4-2-3-7-19-12/h5-6,8,12,17H,2-4,7,9,15H2,1H3,(H,16,18). The number of nitrogen functional groups attached to an aromatic ring is 1. The van der Waals surface area contributed by atoms with Gasteiger partial charge in [-0.15, -0.1) is 0 Å². The van der Waals surface area contributed by atoms with E-state index >= 15 is 0 Å². The monoisotopic (exact) mass is 279 g/mol. The molecule has 1 aromatic carbocycles. The molecule has 0 aromatic heterocycles. The molecule has 1 aliphatic heterocycles. The SMILES string of the molecule is Cc1cc(C(=O)NCC2CCCCS2)ccc1NN. The van der Waals surface area contributed by atoms with Crippen LogP contribution in [0, 0.1) is 6.92 Å². The molecule has 1 aliphatic rings. The fourth-order valence-corrected chi connectivity index (χ4v) is 3.48. The van der Waals surface area contributed by atoms with Crippen LogP contribution in [0.4, 0.5) is 5.69 Å². The molecule has 2 rings (SSSR count). The van der Waals surface area contributed by atoms with E-state index in [1.807, 2.05) is 30.8 Å². The van der Waals surface area contributed by atoms with Crippen LogP contribution in [0.15, 0.2) is 18.2 Å². The van der Waals surface area contributed by atoms with Crippen molar-refractivity contribution in [2.45, 2.75) is 31.4 Å². The highest BCUT2D eigenvalue weighted by atomic mass is 32.2. The van der Waals surface area contributed by atoms with Crippen molar-refractivity contribution in [3.05, 3.63) is 29.3 Å². The Morgan fingerprint density at radius 1 is 1.47 bits per heavy atom.